The van der Waals surface area contributed by atoms with Gasteiger partial charge < -0.3 is 0 Å². The van der Waals surface area contributed by atoms with E-state index in [4.69, 9.17) is 0 Å². The molecule has 3 rings (SSSR count). The van der Waals surface area contributed by atoms with E-state index in [2.05, 4.69) is 9.82 Å². The van der Waals surface area contributed by atoms with Gasteiger partial charge in [0.1, 0.15) is 16.2 Å². The molecule has 0 aliphatic heterocycles. The number of nitrogens with one attached hydrogen (secondary N) is 1. The molecule has 24 heavy (non-hydrogen) atoms. The summed E-state index contributed by atoms with van der Waals surface area (Å²) in [7, 11) is -3.79. The summed E-state index contributed by atoms with van der Waals surface area (Å²) < 4.78 is 30.6. The summed E-state index contributed by atoms with van der Waals surface area (Å²) in [5.41, 5.74) is 1.39. The Bertz CT molecular complexity index is 1080. The largest absolute Gasteiger partial charge is 0.298 e. The van der Waals surface area contributed by atoms with Crippen molar-refractivity contribution in [2.45, 2.75) is 32.2 Å². The lowest BCUT2D eigenvalue weighted by molar-refractivity contribution is 0.592. The molecule has 0 unspecified atom stereocenters. The van der Waals surface area contributed by atoms with Gasteiger partial charge in [0.25, 0.3) is 15.6 Å². The maximum Gasteiger partial charge on any atom is 0.291 e. The molecule has 3 aromatic rings. The Hall–Kier alpha value is -2.61. The van der Waals surface area contributed by atoms with Gasteiger partial charge in [-0.15, -0.1) is 0 Å². The molecule has 126 valence electrons. The molecule has 2 heterocycles. The number of aromatic nitrogens is 3. The minimum atomic E-state index is -3.79. The maximum atomic E-state index is 12.6. The highest BCUT2D eigenvalue weighted by atomic mass is 32.2. The normalized spacial score (nSPS) is 11.8. The van der Waals surface area contributed by atoms with Crippen LogP contribution in [0.4, 0.5) is 5.69 Å². The fourth-order valence-electron chi connectivity index (χ4n) is 2.56. The van der Waals surface area contributed by atoms with Crippen molar-refractivity contribution in [1.82, 2.24) is 14.2 Å². The summed E-state index contributed by atoms with van der Waals surface area (Å²) in [5.74, 6) is 0.545. The standard InChI is InChI=1S/C16H18N4O3S/c1-4-20-16(21)15-9-14(10-19(15)12(3)17-20)24(22,23)18-13-7-5-6-11(2)8-13/h5-10,18H,4H2,1-3H3. The molecule has 0 saturated heterocycles. The second-order valence-corrected chi connectivity index (χ2v) is 7.26. The maximum absolute atomic E-state index is 12.6. The Morgan fingerprint density at radius 3 is 2.62 bits per heavy atom. The van der Waals surface area contributed by atoms with Gasteiger partial charge in [0, 0.05) is 18.4 Å². The van der Waals surface area contributed by atoms with Crippen LogP contribution in [0.3, 0.4) is 0 Å². The summed E-state index contributed by atoms with van der Waals surface area (Å²) in [6.45, 7) is 5.84. The Kier molecular flexibility index (Phi) is 3.92. The zero-order valence-electron chi connectivity index (χ0n) is 13.6. The summed E-state index contributed by atoms with van der Waals surface area (Å²) in [4.78, 5) is 12.3. The van der Waals surface area contributed by atoms with E-state index in [0.717, 1.165) is 5.56 Å². The van der Waals surface area contributed by atoms with Crippen LogP contribution in [0.15, 0.2) is 46.2 Å². The first-order valence-electron chi connectivity index (χ1n) is 7.51. The van der Waals surface area contributed by atoms with Gasteiger partial charge in [0.15, 0.2) is 0 Å². The highest BCUT2D eigenvalue weighted by Crippen LogP contribution is 2.19. The fourth-order valence-corrected chi connectivity index (χ4v) is 3.62. The molecule has 0 spiro atoms. The number of aryl methyl sites for hydroxylation is 3. The van der Waals surface area contributed by atoms with Crippen molar-refractivity contribution >= 4 is 21.2 Å². The van der Waals surface area contributed by atoms with Crippen molar-refractivity contribution in [1.29, 1.82) is 0 Å². The highest BCUT2D eigenvalue weighted by molar-refractivity contribution is 7.92. The van der Waals surface area contributed by atoms with Crippen LogP contribution in [0.1, 0.15) is 18.3 Å². The van der Waals surface area contributed by atoms with Crippen LogP contribution in [0.5, 0.6) is 0 Å². The Morgan fingerprint density at radius 2 is 1.96 bits per heavy atom. The van der Waals surface area contributed by atoms with E-state index in [-0.39, 0.29) is 16.0 Å². The molecule has 0 atom stereocenters. The van der Waals surface area contributed by atoms with E-state index in [1.54, 1.807) is 25.1 Å². The zero-order chi connectivity index (χ0) is 17.5. The van der Waals surface area contributed by atoms with Crippen LogP contribution in [-0.4, -0.2) is 22.6 Å². The van der Waals surface area contributed by atoms with Gasteiger partial charge in [0.2, 0.25) is 0 Å². The second-order valence-electron chi connectivity index (χ2n) is 5.57. The zero-order valence-corrected chi connectivity index (χ0v) is 14.5. The van der Waals surface area contributed by atoms with Crippen LogP contribution in [0, 0.1) is 13.8 Å². The summed E-state index contributed by atoms with van der Waals surface area (Å²) in [5, 5.41) is 4.16. The van der Waals surface area contributed by atoms with Crippen molar-refractivity contribution < 1.29 is 8.42 Å². The average Bonchev–Trinajstić information content (AvgIpc) is 2.97. The fraction of sp³-hybridized carbons (Fsp3) is 0.250. The first-order valence-corrected chi connectivity index (χ1v) is 8.99. The molecule has 7 nitrogen and oxygen atoms in total. The van der Waals surface area contributed by atoms with Crippen molar-refractivity contribution in [2.75, 3.05) is 4.72 Å². The lowest BCUT2D eigenvalue weighted by Crippen LogP contribution is -2.25. The molecule has 0 radical (unpaired) electrons. The van der Waals surface area contributed by atoms with E-state index < -0.39 is 10.0 Å². The third-order valence-electron chi connectivity index (χ3n) is 3.74. The summed E-state index contributed by atoms with van der Waals surface area (Å²) in [6, 6.07) is 8.45. The number of sulfonamides is 1. The average molecular weight is 346 g/mol. The molecule has 1 aromatic carbocycles. The first kappa shape index (κ1) is 16.3. The van der Waals surface area contributed by atoms with Crippen LogP contribution in [0.2, 0.25) is 0 Å². The Balaban J connectivity index is 2.10. The van der Waals surface area contributed by atoms with Crippen LogP contribution >= 0.6 is 0 Å². The quantitative estimate of drug-likeness (QED) is 0.782. The van der Waals surface area contributed by atoms with Gasteiger partial charge in [-0.3, -0.25) is 13.9 Å². The third-order valence-corrected chi connectivity index (χ3v) is 5.09. The van der Waals surface area contributed by atoms with E-state index in [1.807, 2.05) is 19.9 Å². The summed E-state index contributed by atoms with van der Waals surface area (Å²) >= 11 is 0. The van der Waals surface area contributed by atoms with Gasteiger partial charge in [-0.1, -0.05) is 12.1 Å². The van der Waals surface area contributed by atoms with Gasteiger partial charge in [-0.2, -0.15) is 5.10 Å². The monoisotopic (exact) mass is 346 g/mol. The number of benzene rings is 1. The van der Waals surface area contributed by atoms with E-state index in [0.29, 0.717) is 18.1 Å². The SMILES string of the molecule is CCn1nc(C)n2cc(S(=O)(=O)Nc3cccc(C)c3)cc2c1=O. The van der Waals surface area contributed by atoms with Crippen LogP contribution < -0.4 is 10.3 Å². The number of hydrogen-bond acceptors (Lipinski definition) is 4. The van der Waals surface area contributed by atoms with E-state index in [1.165, 1.54) is 21.3 Å². The number of anilines is 1. The minimum Gasteiger partial charge on any atom is -0.298 e. The third kappa shape index (κ3) is 2.80. The highest BCUT2D eigenvalue weighted by Gasteiger charge is 2.19. The molecule has 0 saturated carbocycles. The van der Waals surface area contributed by atoms with Gasteiger partial charge in [-0.05, 0) is 44.5 Å². The van der Waals surface area contributed by atoms with Crippen molar-refractivity contribution in [3.8, 4) is 0 Å². The van der Waals surface area contributed by atoms with Crippen molar-refractivity contribution in [3.63, 3.8) is 0 Å². The molecular formula is C16H18N4O3S. The van der Waals surface area contributed by atoms with Gasteiger partial charge >= 0.3 is 0 Å². The molecular weight excluding hydrogens is 328 g/mol. The van der Waals surface area contributed by atoms with E-state index in [9.17, 15) is 13.2 Å². The van der Waals surface area contributed by atoms with Gasteiger partial charge in [-0.25, -0.2) is 13.1 Å². The van der Waals surface area contributed by atoms with E-state index >= 15 is 0 Å². The molecule has 0 fully saturated rings. The second kappa shape index (κ2) is 5.79. The molecule has 0 aliphatic rings. The molecule has 0 bridgehead atoms. The van der Waals surface area contributed by atoms with Crippen LogP contribution in [-0.2, 0) is 16.6 Å². The lowest BCUT2D eigenvalue weighted by Gasteiger charge is -2.06. The first-order chi connectivity index (χ1) is 11.3. The minimum absolute atomic E-state index is 0.0276. The molecule has 1 N–H and O–H groups in total. The number of fused-ring (bicyclic) bond motifs is 1. The predicted molar refractivity (Wildman–Crippen MR) is 91.9 cm³/mol. The number of hydrogen-bond donors (Lipinski definition) is 1. The molecule has 2 aromatic heterocycles. The summed E-state index contributed by atoms with van der Waals surface area (Å²) in [6.07, 6.45) is 1.41. The van der Waals surface area contributed by atoms with Crippen LogP contribution in [0.25, 0.3) is 5.52 Å². The lowest BCUT2D eigenvalue weighted by atomic mass is 10.2. The van der Waals surface area contributed by atoms with Gasteiger partial charge in [0.05, 0.1) is 0 Å². The Labute approximate surface area is 139 Å². The van der Waals surface area contributed by atoms with Crippen molar-refractivity contribution in [3.05, 3.63) is 58.3 Å². The molecule has 0 aliphatic carbocycles. The topological polar surface area (TPSA) is 85.5 Å². The predicted octanol–water partition coefficient (Wildman–Crippen LogP) is 1.93. The molecule has 8 heteroatoms. The number of rotatable bonds is 4. The smallest absolute Gasteiger partial charge is 0.291 e. The molecule has 0 amide bonds. The Morgan fingerprint density at radius 1 is 1.21 bits per heavy atom. The number of nitrogens with zero attached hydrogens (tertiary/aromatic N) is 3. The van der Waals surface area contributed by atoms with Crippen molar-refractivity contribution in [2.24, 2.45) is 0 Å².